The lowest BCUT2D eigenvalue weighted by atomic mass is 10.1. The van der Waals surface area contributed by atoms with Crippen molar-refractivity contribution in [3.8, 4) is 11.8 Å². The fourth-order valence-corrected chi connectivity index (χ4v) is 1.61. The van der Waals surface area contributed by atoms with Crippen LogP contribution in [-0.4, -0.2) is 30.0 Å². The minimum atomic E-state index is -0.738. The third-order valence-corrected chi connectivity index (χ3v) is 2.57. The van der Waals surface area contributed by atoms with E-state index < -0.39 is 11.6 Å². The van der Waals surface area contributed by atoms with Gasteiger partial charge in [0.1, 0.15) is 5.82 Å². The lowest BCUT2D eigenvalue weighted by Gasteiger charge is -2.07. The molecule has 20 heavy (non-hydrogen) atoms. The van der Waals surface area contributed by atoms with Crippen molar-refractivity contribution >= 4 is 11.5 Å². The number of nitrogen functional groups attached to an aromatic ring is 1. The van der Waals surface area contributed by atoms with Gasteiger partial charge in [0.2, 0.25) is 23.4 Å². The van der Waals surface area contributed by atoms with Crippen LogP contribution in [0.4, 0.5) is 10.1 Å². The van der Waals surface area contributed by atoms with Gasteiger partial charge in [-0.3, -0.25) is 4.79 Å². The van der Waals surface area contributed by atoms with Gasteiger partial charge < -0.3 is 15.2 Å². The molecule has 1 aromatic heterocycles. The zero-order valence-corrected chi connectivity index (χ0v) is 10.9. The fraction of sp³-hybridized carbons (Fsp3) is 0.154. The molecule has 0 aliphatic heterocycles. The van der Waals surface area contributed by atoms with Gasteiger partial charge in [0.15, 0.2) is 0 Å². The number of nitrogens with two attached hydrogens (primary N) is 1. The van der Waals surface area contributed by atoms with E-state index in [1.807, 2.05) is 0 Å². The molecule has 0 spiro atoms. The average Bonchev–Trinajstić information content (AvgIpc) is 2.46. The normalized spacial score (nSPS) is 10.2. The van der Waals surface area contributed by atoms with Crippen molar-refractivity contribution in [2.75, 3.05) is 20.0 Å². The van der Waals surface area contributed by atoms with E-state index in [1.54, 1.807) is 0 Å². The number of hydrogen-bond donors (Lipinski definition) is 1. The van der Waals surface area contributed by atoms with E-state index in [0.717, 1.165) is 6.07 Å². The van der Waals surface area contributed by atoms with Crippen molar-refractivity contribution in [1.82, 2.24) is 9.97 Å². The quantitative estimate of drug-likeness (QED) is 0.672. The number of carbonyl (C=O) groups is 1. The van der Waals surface area contributed by atoms with Crippen LogP contribution in [-0.2, 0) is 0 Å². The highest BCUT2D eigenvalue weighted by molar-refractivity contribution is 6.10. The van der Waals surface area contributed by atoms with E-state index >= 15 is 0 Å². The maximum Gasteiger partial charge on any atom is 0.235 e. The molecule has 1 aromatic carbocycles. The van der Waals surface area contributed by atoms with Crippen molar-refractivity contribution in [1.29, 1.82) is 0 Å². The van der Waals surface area contributed by atoms with E-state index in [2.05, 4.69) is 9.97 Å². The number of ether oxygens (including phenoxy) is 2. The predicted molar refractivity (Wildman–Crippen MR) is 69.4 cm³/mol. The number of methoxy groups -OCH3 is 2. The van der Waals surface area contributed by atoms with E-state index in [4.69, 9.17) is 15.2 Å². The van der Waals surface area contributed by atoms with E-state index in [1.165, 1.54) is 32.4 Å². The number of carbonyl (C=O) groups excluding carboxylic acids is 1. The molecule has 0 saturated carbocycles. The first-order valence-corrected chi connectivity index (χ1v) is 5.62. The Morgan fingerprint density at radius 2 is 1.80 bits per heavy atom. The predicted octanol–water partition coefficient (Wildman–Crippen LogP) is 1.45. The summed E-state index contributed by atoms with van der Waals surface area (Å²) in [6, 6.07) is 5.38. The number of hydrogen-bond acceptors (Lipinski definition) is 6. The molecule has 0 aliphatic rings. The Labute approximate surface area is 114 Å². The lowest BCUT2D eigenvalue weighted by molar-refractivity contribution is 0.102. The maximum atomic E-state index is 13.7. The van der Waals surface area contributed by atoms with E-state index in [0.29, 0.717) is 0 Å². The van der Waals surface area contributed by atoms with Crippen LogP contribution in [0.2, 0.25) is 0 Å². The largest absolute Gasteiger partial charge is 0.481 e. The SMILES string of the molecule is COc1cc(OC)nc(C(=O)c2c(N)cccc2F)n1. The van der Waals surface area contributed by atoms with Crippen LogP contribution in [0.15, 0.2) is 24.3 Å². The van der Waals surface area contributed by atoms with Gasteiger partial charge in [-0.15, -0.1) is 0 Å². The second-order valence-electron chi connectivity index (χ2n) is 3.81. The summed E-state index contributed by atoms with van der Waals surface area (Å²) in [5.41, 5.74) is 5.36. The monoisotopic (exact) mass is 277 g/mol. The Balaban J connectivity index is 2.53. The third kappa shape index (κ3) is 2.51. The summed E-state index contributed by atoms with van der Waals surface area (Å²) in [6.45, 7) is 0. The van der Waals surface area contributed by atoms with E-state index in [9.17, 15) is 9.18 Å². The molecule has 2 N–H and O–H groups in total. The molecule has 2 aromatic rings. The molecule has 0 bridgehead atoms. The summed E-state index contributed by atoms with van der Waals surface area (Å²) in [5.74, 6) is -1.46. The number of halogens is 1. The third-order valence-electron chi connectivity index (χ3n) is 2.57. The summed E-state index contributed by atoms with van der Waals surface area (Å²) >= 11 is 0. The summed E-state index contributed by atoms with van der Waals surface area (Å²) in [7, 11) is 2.76. The van der Waals surface area contributed by atoms with E-state index in [-0.39, 0.29) is 28.8 Å². The number of nitrogens with zero attached hydrogens (tertiary/aromatic N) is 2. The number of anilines is 1. The number of aromatic nitrogens is 2. The summed E-state index contributed by atoms with van der Waals surface area (Å²) < 4.78 is 23.6. The molecule has 0 saturated heterocycles. The van der Waals surface area contributed by atoms with Gasteiger partial charge in [-0.05, 0) is 12.1 Å². The molecule has 0 amide bonds. The van der Waals surface area contributed by atoms with Crippen molar-refractivity contribution in [2.45, 2.75) is 0 Å². The number of ketones is 1. The Morgan fingerprint density at radius 1 is 1.20 bits per heavy atom. The summed E-state index contributed by atoms with van der Waals surface area (Å²) in [6.07, 6.45) is 0. The van der Waals surface area contributed by atoms with Gasteiger partial charge in [0.05, 0.1) is 25.8 Å². The molecule has 6 nitrogen and oxygen atoms in total. The highest BCUT2D eigenvalue weighted by Crippen LogP contribution is 2.21. The lowest BCUT2D eigenvalue weighted by Crippen LogP contribution is -2.13. The first-order valence-electron chi connectivity index (χ1n) is 5.62. The molecule has 0 unspecified atom stereocenters. The standard InChI is InChI=1S/C13H12FN3O3/c1-19-9-6-10(20-2)17-13(16-9)12(18)11-7(14)4-3-5-8(11)15/h3-6H,15H2,1-2H3. The molecule has 2 rings (SSSR count). The smallest absolute Gasteiger partial charge is 0.235 e. The molecular formula is C13H12FN3O3. The van der Waals surface area contributed by atoms with Crippen LogP contribution < -0.4 is 15.2 Å². The maximum absolute atomic E-state index is 13.7. The molecular weight excluding hydrogens is 265 g/mol. The van der Waals surface area contributed by atoms with Crippen molar-refractivity contribution in [2.24, 2.45) is 0 Å². The second kappa shape index (κ2) is 5.52. The Hall–Kier alpha value is -2.70. The van der Waals surface area contributed by atoms with Gasteiger partial charge in [-0.1, -0.05) is 6.07 Å². The minimum Gasteiger partial charge on any atom is -0.481 e. The van der Waals surface area contributed by atoms with Gasteiger partial charge >= 0.3 is 0 Å². The summed E-state index contributed by atoms with van der Waals surface area (Å²) in [4.78, 5) is 20.0. The van der Waals surface area contributed by atoms with Crippen LogP contribution >= 0.6 is 0 Å². The first kappa shape index (κ1) is 13.7. The average molecular weight is 277 g/mol. The van der Waals surface area contributed by atoms with Gasteiger partial charge in [0.25, 0.3) is 0 Å². The first-order chi connectivity index (χ1) is 9.56. The minimum absolute atomic E-state index is 0.0142. The Bertz CT molecular complexity index is 619. The van der Waals surface area contributed by atoms with Crippen molar-refractivity contribution < 1.29 is 18.7 Å². The highest BCUT2D eigenvalue weighted by Gasteiger charge is 2.21. The molecule has 0 atom stereocenters. The molecule has 0 radical (unpaired) electrons. The molecule has 0 fully saturated rings. The van der Waals surface area contributed by atoms with Gasteiger partial charge in [-0.2, -0.15) is 9.97 Å². The van der Waals surface area contributed by atoms with Crippen LogP contribution in [0.25, 0.3) is 0 Å². The van der Waals surface area contributed by atoms with Gasteiger partial charge in [-0.25, -0.2) is 4.39 Å². The molecule has 104 valence electrons. The second-order valence-corrected chi connectivity index (χ2v) is 3.81. The summed E-state index contributed by atoms with van der Waals surface area (Å²) in [5, 5.41) is 0. The zero-order chi connectivity index (χ0) is 14.7. The highest BCUT2D eigenvalue weighted by atomic mass is 19.1. The van der Waals surface area contributed by atoms with Gasteiger partial charge in [0, 0.05) is 5.69 Å². The van der Waals surface area contributed by atoms with Crippen molar-refractivity contribution in [3.05, 3.63) is 41.5 Å². The topological polar surface area (TPSA) is 87.3 Å². The van der Waals surface area contributed by atoms with Crippen LogP contribution in [0.1, 0.15) is 16.2 Å². The zero-order valence-electron chi connectivity index (χ0n) is 10.9. The Morgan fingerprint density at radius 3 is 2.30 bits per heavy atom. The Kier molecular flexibility index (Phi) is 3.79. The van der Waals surface area contributed by atoms with Crippen LogP contribution in [0.3, 0.4) is 0 Å². The number of benzene rings is 1. The van der Waals surface area contributed by atoms with Crippen LogP contribution in [0, 0.1) is 5.82 Å². The van der Waals surface area contributed by atoms with Crippen molar-refractivity contribution in [3.63, 3.8) is 0 Å². The fourth-order valence-electron chi connectivity index (χ4n) is 1.61. The number of rotatable bonds is 4. The molecule has 0 aliphatic carbocycles. The van der Waals surface area contributed by atoms with Crippen LogP contribution in [0.5, 0.6) is 11.8 Å². The molecule has 1 heterocycles. The molecule has 7 heteroatoms.